The highest BCUT2D eigenvalue weighted by molar-refractivity contribution is 5.74. The first-order valence-electron chi connectivity index (χ1n) is 10.8. The zero-order valence-electron chi connectivity index (χ0n) is 17.7. The van der Waals surface area contributed by atoms with Gasteiger partial charge in [0, 0.05) is 44.8 Å². The molecule has 0 radical (unpaired) electrons. The molecule has 0 aromatic heterocycles. The molecule has 0 bridgehead atoms. The van der Waals surface area contributed by atoms with Crippen molar-refractivity contribution in [2.45, 2.75) is 58.2 Å². The lowest BCUT2D eigenvalue weighted by atomic mass is 10.0. The molecule has 3 rings (SSSR count). The number of benzene rings is 1. The number of hydrogen-bond donors (Lipinski definition) is 2. The number of nitrogens with zero attached hydrogens (tertiary/aromatic N) is 2. The van der Waals surface area contributed by atoms with Crippen LogP contribution in [0.4, 0.5) is 9.59 Å². The summed E-state index contributed by atoms with van der Waals surface area (Å²) in [5.74, 6) is 0. The zero-order valence-corrected chi connectivity index (χ0v) is 17.7. The number of ether oxygens (including phenoxy) is 1. The largest absolute Gasteiger partial charge is 0.450 e. The van der Waals surface area contributed by atoms with E-state index in [4.69, 9.17) is 4.74 Å². The lowest BCUT2D eigenvalue weighted by molar-refractivity contribution is 0.0956. The molecule has 1 aromatic carbocycles. The molecule has 2 aliphatic heterocycles. The molecule has 0 unspecified atom stereocenters. The Balaban J connectivity index is 1.34. The van der Waals surface area contributed by atoms with Crippen molar-refractivity contribution in [3.8, 4) is 0 Å². The van der Waals surface area contributed by atoms with Crippen LogP contribution in [-0.2, 0) is 11.3 Å². The quantitative estimate of drug-likeness (QED) is 0.794. The fourth-order valence-corrected chi connectivity index (χ4v) is 4.10. The predicted molar refractivity (Wildman–Crippen MR) is 113 cm³/mol. The van der Waals surface area contributed by atoms with Crippen LogP contribution >= 0.6 is 0 Å². The number of aryl methyl sites for hydroxylation is 1. The van der Waals surface area contributed by atoms with Crippen LogP contribution in [0.15, 0.2) is 24.3 Å². The monoisotopic (exact) mass is 402 g/mol. The standard InChI is InChI=1S/C22H34N4O3/c1-3-29-22(28)26-14-10-20(11-15-26)24-21(27)23-19-8-12-25(13-9-19)16-18-7-5-4-6-17(18)2/h4-7,19-20H,3,8-16H2,1-2H3,(H2,23,24,27). The molecule has 3 amide bonds. The van der Waals surface area contributed by atoms with Gasteiger partial charge in [0.15, 0.2) is 0 Å². The molecule has 7 heteroatoms. The number of rotatable bonds is 5. The SMILES string of the molecule is CCOC(=O)N1CCC(NC(=O)NC2CCN(Cc3ccccc3C)CC2)CC1. The second-order valence-electron chi connectivity index (χ2n) is 8.05. The summed E-state index contributed by atoms with van der Waals surface area (Å²) >= 11 is 0. The van der Waals surface area contributed by atoms with E-state index in [0.717, 1.165) is 45.3 Å². The summed E-state index contributed by atoms with van der Waals surface area (Å²) in [5.41, 5.74) is 2.71. The van der Waals surface area contributed by atoms with Gasteiger partial charge in [-0.3, -0.25) is 4.90 Å². The number of urea groups is 1. The van der Waals surface area contributed by atoms with E-state index in [9.17, 15) is 9.59 Å². The molecule has 1 aromatic rings. The van der Waals surface area contributed by atoms with Crippen LogP contribution < -0.4 is 10.6 Å². The molecule has 2 saturated heterocycles. The predicted octanol–water partition coefficient (Wildman–Crippen LogP) is 2.88. The fourth-order valence-electron chi connectivity index (χ4n) is 4.10. The van der Waals surface area contributed by atoms with E-state index in [0.29, 0.717) is 19.7 Å². The summed E-state index contributed by atoms with van der Waals surface area (Å²) in [6.07, 6.45) is 3.22. The maximum Gasteiger partial charge on any atom is 0.409 e. The Bertz CT molecular complexity index is 680. The first-order chi connectivity index (χ1) is 14.0. The number of hydrogen-bond acceptors (Lipinski definition) is 4. The Labute approximate surface area is 173 Å². The van der Waals surface area contributed by atoms with Crippen molar-refractivity contribution in [2.24, 2.45) is 0 Å². The normalized spacial score (nSPS) is 19.0. The van der Waals surface area contributed by atoms with Crippen LogP contribution in [0.3, 0.4) is 0 Å². The van der Waals surface area contributed by atoms with Crippen molar-refractivity contribution in [2.75, 3.05) is 32.8 Å². The number of carbonyl (C=O) groups is 2. The minimum absolute atomic E-state index is 0.0862. The van der Waals surface area contributed by atoms with Crippen LogP contribution in [-0.4, -0.2) is 66.8 Å². The summed E-state index contributed by atoms with van der Waals surface area (Å²) in [4.78, 5) is 28.3. The van der Waals surface area contributed by atoms with Gasteiger partial charge in [-0.25, -0.2) is 9.59 Å². The van der Waals surface area contributed by atoms with Crippen molar-refractivity contribution in [3.63, 3.8) is 0 Å². The minimum Gasteiger partial charge on any atom is -0.450 e. The van der Waals surface area contributed by atoms with Crippen LogP contribution in [0.2, 0.25) is 0 Å². The van der Waals surface area contributed by atoms with Gasteiger partial charge in [0.1, 0.15) is 0 Å². The fraction of sp³-hybridized carbons (Fsp3) is 0.636. The van der Waals surface area contributed by atoms with E-state index < -0.39 is 0 Å². The molecule has 29 heavy (non-hydrogen) atoms. The second-order valence-corrected chi connectivity index (χ2v) is 8.05. The number of nitrogens with one attached hydrogen (secondary N) is 2. The average molecular weight is 403 g/mol. The number of piperidine rings is 2. The highest BCUT2D eigenvalue weighted by Gasteiger charge is 2.26. The Morgan fingerprint density at radius 1 is 1.00 bits per heavy atom. The van der Waals surface area contributed by atoms with E-state index in [1.54, 1.807) is 4.90 Å². The lowest BCUT2D eigenvalue weighted by Crippen LogP contribution is -2.52. The maximum atomic E-state index is 12.4. The lowest BCUT2D eigenvalue weighted by Gasteiger charge is -2.34. The highest BCUT2D eigenvalue weighted by Crippen LogP contribution is 2.16. The van der Waals surface area contributed by atoms with E-state index in [1.165, 1.54) is 11.1 Å². The topological polar surface area (TPSA) is 73.9 Å². The summed E-state index contributed by atoms with van der Waals surface area (Å²) in [5, 5.41) is 6.21. The van der Waals surface area contributed by atoms with Crippen LogP contribution in [0, 0.1) is 6.92 Å². The summed E-state index contributed by atoms with van der Waals surface area (Å²) in [7, 11) is 0. The van der Waals surface area contributed by atoms with E-state index in [-0.39, 0.29) is 24.2 Å². The first-order valence-corrected chi connectivity index (χ1v) is 10.8. The Morgan fingerprint density at radius 3 is 2.17 bits per heavy atom. The van der Waals surface area contributed by atoms with Gasteiger partial charge in [0.2, 0.25) is 0 Å². The van der Waals surface area contributed by atoms with Crippen molar-refractivity contribution in [1.82, 2.24) is 20.4 Å². The molecule has 160 valence electrons. The maximum absolute atomic E-state index is 12.4. The van der Waals surface area contributed by atoms with Gasteiger partial charge in [0.25, 0.3) is 0 Å². The third-order valence-corrected chi connectivity index (χ3v) is 5.93. The van der Waals surface area contributed by atoms with Crippen molar-refractivity contribution < 1.29 is 14.3 Å². The molecule has 0 spiro atoms. The van der Waals surface area contributed by atoms with Gasteiger partial charge < -0.3 is 20.3 Å². The average Bonchev–Trinajstić information content (AvgIpc) is 2.72. The van der Waals surface area contributed by atoms with Crippen LogP contribution in [0.5, 0.6) is 0 Å². The summed E-state index contributed by atoms with van der Waals surface area (Å²) < 4.78 is 5.03. The van der Waals surface area contributed by atoms with Gasteiger partial charge in [-0.05, 0) is 50.7 Å². The molecule has 2 heterocycles. The van der Waals surface area contributed by atoms with Gasteiger partial charge in [-0.1, -0.05) is 24.3 Å². The number of likely N-dealkylation sites (tertiary alicyclic amines) is 2. The first kappa shape index (κ1) is 21.4. The number of amides is 3. The number of carbonyl (C=O) groups excluding carboxylic acids is 2. The Morgan fingerprint density at radius 2 is 1.59 bits per heavy atom. The molecular formula is C22H34N4O3. The smallest absolute Gasteiger partial charge is 0.409 e. The van der Waals surface area contributed by atoms with Crippen molar-refractivity contribution >= 4 is 12.1 Å². The molecule has 2 fully saturated rings. The van der Waals surface area contributed by atoms with Gasteiger partial charge in [-0.15, -0.1) is 0 Å². The minimum atomic E-state index is -0.257. The highest BCUT2D eigenvalue weighted by atomic mass is 16.6. The Kier molecular flexibility index (Phi) is 7.75. The second kappa shape index (κ2) is 10.5. The third-order valence-electron chi connectivity index (χ3n) is 5.93. The van der Waals surface area contributed by atoms with E-state index >= 15 is 0 Å². The van der Waals surface area contributed by atoms with Crippen LogP contribution in [0.1, 0.15) is 43.7 Å². The molecular weight excluding hydrogens is 368 g/mol. The van der Waals surface area contributed by atoms with Gasteiger partial charge >= 0.3 is 12.1 Å². The molecule has 0 saturated carbocycles. The van der Waals surface area contributed by atoms with E-state index in [1.807, 2.05) is 6.92 Å². The molecule has 2 aliphatic rings. The van der Waals surface area contributed by atoms with Gasteiger partial charge in [-0.2, -0.15) is 0 Å². The summed E-state index contributed by atoms with van der Waals surface area (Å²) in [6.45, 7) is 8.58. The molecule has 2 N–H and O–H groups in total. The third kappa shape index (κ3) is 6.35. The zero-order chi connectivity index (χ0) is 20.6. The van der Waals surface area contributed by atoms with Crippen LogP contribution in [0.25, 0.3) is 0 Å². The Hall–Kier alpha value is -2.28. The molecule has 7 nitrogen and oxygen atoms in total. The molecule has 0 atom stereocenters. The van der Waals surface area contributed by atoms with Crippen molar-refractivity contribution in [3.05, 3.63) is 35.4 Å². The van der Waals surface area contributed by atoms with Gasteiger partial charge in [0.05, 0.1) is 6.61 Å². The van der Waals surface area contributed by atoms with E-state index in [2.05, 4.69) is 46.7 Å². The molecule has 0 aliphatic carbocycles. The summed E-state index contributed by atoms with van der Waals surface area (Å²) in [6, 6.07) is 8.78. The van der Waals surface area contributed by atoms with Crippen molar-refractivity contribution in [1.29, 1.82) is 0 Å².